The Hall–Kier alpha value is -3.74. The summed E-state index contributed by atoms with van der Waals surface area (Å²) in [5, 5.41) is 24.8. The van der Waals surface area contributed by atoms with Gasteiger partial charge in [0.2, 0.25) is 11.8 Å². The van der Waals surface area contributed by atoms with Crippen LogP contribution in [0.15, 0.2) is 16.9 Å². The zero-order chi connectivity index (χ0) is 25.0. The van der Waals surface area contributed by atoms with Gasteiger partial charge >= 0.3 is 0 Å². The Bertz CT molecular complexity index is 1340. The summed E-state index contributed by atoms with van der Waals surface area (Å²) in [5.41, 5.74) is 0.938. The topological polar surface area (TPSA) is 139 Å². The number of tetrazole rings is 1. The Morgan fingerprint density at radius 3 is 2.81 bits per heavy atom. The molecule has 0 bridgehead atoms. The SMILES string of the molecule is CN1CCCc2c1nc(N1CCC3(CC1)c1c(F)cc(OCc4nn[nH]n4)cc1N(C)C3O)[nH]c2=O. The van der Waals surface area contributed by atoms with Gasteiger partial charge < -0.3 is 24.5 Å². The number of aliphatic hydroxyl groups excluding tert-OH is 1. The zero-order valence-electron chi connectivity index (χ0n) is 20.2. The van der Waals surface area contributed by atoms with Gasteiger partial charge in [0.25, 0.3) is 5.56 Å². The van der Waals surface area contributed by atoms with Crippen LogP contribution in [0.2, 0.25) is 0 Å². The second kappa shape index (κ2) is 8.43. The Kier molecular flexibility index (Phi) is 5.32. The van der Waals surface area contributed by atoms with E-state index in [1.807, 2.05) is 16.8 Å². The van der Waals surface area contributed by atoms with Crippen molar-refractivity contribution in [2.24, 2.45) is 0 Å². The molecule has 3 aromatic rings. The summed E-state index contributed by atoms with van der Waals surface area (Å²) >= 11 is 0. The van der Waals surface area contributed by atoms with Crippen molar-refractivity contribution in [3.8, 4) is 5.75 Å². The van der Waals surface area contributed by atoms with Gasteiger partial charge in [-0.2, -0.15) is 10.2 Å². The largest absolute Gasteiger partial charge is 0.485 e. The lowest BCUT2D eigenvalue weighted by Crippen LogP contribution is -2.51. The van der Waals surface area contributed by atoms with Crippen molar-refractivity contribution in [2.75, 3.05) is 48.4 Å². The molecule has 1 spiro atoms. The molecule has 3 aliphatic rings. The van der Waals surface area contributed by atoms with Gasteiger partial charge in [-0.3, -0.25) is 9.78 Å². The molecule has 36 heavy (non-hydrogen) atoms. The summed E-state index contributed by atoms with van der Waals surface area (Å²) in [5.74, 6) is 1.51. The van der Waals surface area contributed by atoms with Gasteiger partial charge in [0, 0.05) is 62.5 Å². The smallest absolute Gasteiger partial charge is 0.257 e. The molecule has 190 valence electrons. The lowest BCUT2D eigenvalue weighted by atomic mass is 9.72. The van der Waals surface area contributed by atoms with Gasteiger partial charge in [-0.15, -0.1) is 10.2 Å². The van der Waals surface area contributed by atoms with Gasteiger partial charge in [0.1, 0.15) is 23.6 Å². The fourth-order valence-corrected chi connectivity index (χ4v) is 5.84. The molecule has 1 atom stereocenters. The molecule has 0 radical (unpaired) electrons. The Morgan fingerprint density at radius 1 is 1.25 bits per heavy atom. The van der Waals surface area contributed by atoms with Crippen LogP contribution in [0.4, 0.5) is 21.8 Å². The number of fused-ring (bicyclic) bond motifs is 3. The van der Waals surface area contributed by atoms with E-state index in [9.17, 15) is 9.90 Å². The quantitative estimate of drug-likeness (QED) is 0.472. The van der Waals surface area contributed by atoms with Gasteiger partial charge in [-0.05, 0) is 25.7 Å². The third-order valence-electron chi connectivity index (χ3n) is 7.76. The van der Waals surface area contributed by atoms with E-state index < -0.39 is 17.5 Å². The predicted molar refractivity (Wildman–Crippen MR) is 129 cm³/mol. The highest BCUT2D eigenvalue weighted by Crippen LogP contribution is 2.52. The number of aromatic nitrogens is 6. The summed E-state index contributed by atoms with van der Waals surface area (Å²) in [7, 11) is 3.70. The third-order valence-corrected chi connectivity index (χ3v) is 7.76. The Morgan fingerprint density at radius 2 is 2.06 bits per heavy atom. The molecule has 3 N–H and O–H groups in total. The number of piperidine rings is 1. The highest BCUT2D eigenvalue weighted by Gasteiger charge is 2.52. The van der Waals surface area contributed by atoms with Crippen LogP contribution >= 0.6 is 0 Å². The van der Waals surface area contributed by atoms with Crippen LogP contribution in [0.25, 0.3) is 0 Å². The van der Waals surface area contributed by atoms with Crippen molar-refractivity contribution < 1.29 is 14.2 Å². The number of rotatable bonds is 4. The first-order valence-corrected chi connectivity index (χ1v) is 12.1. The van der Waals surface area contributed by atoms with Crippen molar-refractivity contribution in [3.05, 3.63) is 45.3 Å². The molecule has 13 heteroatoms. The summed E-state index contributed by atoms with van der Waals surface area (Å²) in [4.78, 5) is 26.1. The van der Waals surface area contributed by atoms with Crippen molar-refractivity contribution in [1.29, 1.82) is 0 Å². The molecule has 1 unspecified atom stereocenters. The third kappa shape index (κ3) is 3.48. The summed E-state index contributed by atoms with van der Waals surface area (Å²) in [6.45, 7) is 1.94. The highest BCUT2D eigenvalue weighted by atomic mass is 19.1. The minimum Gasteiger partial charge on any atom is -0.485 e. The second-order valence-electron chi connectivity index (χ2n) is 9.76. The number of hydrogen-bond acceptors (Lipinski definition) is 10. The maximum absolute atomic E-state index is 15.6. The number of anilines is 3. The van der Waals surface area contributed by atoms with E-state index in [0.29, 0.717) is 54.7 Å². The molecule has 12 nitrogen and oxygen atoms in total. The van der Waals surface area contributed by atoms with Gasteiger partial charge in [-0.25, -0.2) is 4.39 Å². The minimum atomic E-state index is -0.890. The van der Waals surface area contributed by atoms with Gasteiger partial charge in [0.05, 0.1) is 5.56 Å². The van der Waals surface area contributed by atoms with E-state index in [-0.39, 0.29) is 12.2 Å². The highest BCUT2D eigenvalue weighted by molar-refractivity contribution is 5.67. The fraction of sp³-hybridized carbons (Fsp3) is 0.522. The molecule has 1 saturated heterocycles. The van der Waals surface area contributed by atoms with E-state index in [1.54, 1.807) is 18.0 Å². The van der Waals surface area contributed by atoms with E-state index in [2.05, 4.69) is 25.6 Å². The molecular weight excluding hydrogens is 469 g/mol. The van der Waals surface area contributed by atoms with E-state index in [1.165, 1.54) is 6.07 Å². The van der Waals surface area contributed by atoms with E-state index >= 15 is 4.39 Å². The molecule has 2 aromatic heterocycles. The van der Waals surface area contributed by atoms with Crippen LogP contribution in [0.1, 0.15) is 36.2 Å². The first kappa shape index (κ1) is 22.7. The number of benzene rings is 1. The molecule has 1 fully saturated rings. The van der Waals surface area contributed by atoms with Crippen molar-refractivity contribution >= 4 is 17.5 Å². The molecule has 3 aliphatic heterocycles. The van der Waals surface area contributed by atoms with Crippen LogP contribution in [-0.2, 0) is 18.4 Å². The number of aromatic amines is 2. The van der Waals surface area contributed by atoms with Crippen LogP contribution in [-0.4, -0.2) is 75.7 Å². The van der Waals surface area contributed by atoms with Crippen LogP contribution in [0.3, 0.4) is 0 Å². The Labute approximate surface area is 206 Å². The number of nitrogens with zero attached hydrogens (tertiary/aromatic N) is 7. The summed E-state index contributed by atoms with van der Waals surface area (Å²) < 4.78 is 21.2. The number of H-pyrrole nitrogens is 2. The van der Waals surface area contributed by atoms with E-state index in [4.69, 9.17) is 9.72 Å². The normalized spacial score (nSPS) is 20.6. The van der Waals surface area contributed by atoms with Crippen molar-refractivity contribution in [3.63, 3.8) is 0 Å². The predicted octanol–water partition coefficient (Wildman–Crippen LogP) is 0.690. The molecule has 0 amide bonds. The lowest BCUT2D eigenvalue weighted by Gasteiger charge is -2.42. The molecule has 0 saturated carbocycles. The fourth-order valence-electron chi connectivity index (χ4n) is 5.84. The van der Waals surface area contributed by atoms with Gasteiger partial charge in [-0.1, -0.05) is 5.21 Å². The van der Waals surface area contributed by atoms with Crippen LogP contribution < -0.4 is 25.0 Å². The van der Waals surface area contributed by atoms with Crippen molar-refractivity contribution in [1.82, 2.24) is 30.6 Å². The first-order chi connectivity index (χ1) is 17.4. The first-order valence-electron chi connectivity index (χ1n) is 12.1. The minimum absolute atomic E-state index is 0.0439. The van der Waals surface area contributed by atoms with Crippen molar-refractivity contribution in [2.45, 2.75) is 43.9 Å². The molecule has 6 rings (SSSR count). The van der Waals surface area contributed by atoms with E-state index in [0.717, 1.165) is 30.8 Å². The maximum Gasteiger partial charge on any atom is 0.257 e. The van der Waals surface area contributed by atoms with Gasteiger partial charge in [0.15, 0.2) is 6.61 Å². The summed E-state index contributed by atoms with van der Waals surface area (Å²) in [6, 6.07) is 3.08. The number of aliphatic hydroxyl groups is 1. The number of likely N-dealkylation sites (N-methyl/N-ethyl adjacent to an activating group) is 1. The second-order valence-corrected chi connectivity index (χ2v) is 9.76. The van der Waals surface area contributed by atoms with Crippen LogP contribution in [0.5, 0.6) is 5.75 Å². The number of ether oxygens (including phenoxy) is 1. The monoisotopic (exact) mass is 497 g/mol. The average Bonchev–Trinajstić information content (AvgIpc) is 3.46. The number of halogens is 1. The number of nitrogens with one attached hydrogen (secondary N) is 2. The standard InChI is InChI=1S/C23H28FN9O3/c1-31-7-3-4-14-19(31)25-22(26-20(14)34)33-8-5-23(6-9-33)18-15(24)10-13(11-16(18)32(2)21(23)35)36-12-17-27-29-30-28-17/h10-11,21,35H,3-9,12H2,1-2H3,(H,25,26,34)(H,27,28,29,30). The lowest BCUT2D eigenvalue weighted by molar-refractivity contribution is 0.0748. The molecular formula is C23H28FN9O3. The Balaban J connectivity index is 1.26. The summed E-state index contributed by atoms with van der Waals surface area (Å²) in [6.07, 6.45) is 1.77. The zero-order valence-corrected chi connectivity index (χ0v) is 20.2. The average molecular weight is 498 g/mol. The molecule has 1 aromatic carbocycles. The molecule has 5 heterocycles. The number of hydrogen-bond donors (Lipinski definition) is 3. The maximum atomic E-state index is 15.6. The van der Waals surface area contributed by atoms with Crippen LogP contribution in [0, 0.1) is 5.82 Å². The molecule has 0 aliphatic carbocycles.